The summed E-state index contributed by atoms with van der Waals surface area (Å²) in [5.41, 5.74) is 1.00. The maximum Gasteiger partial charge on any atom is 0.281 e. The Hall–Kier alpha value is -2.08. The topological polar surface area (TPSA) is 60.7 Å². The molecule has 5 nitrogen and oxygen atoms in total. The molecule has 0 aliphatic heterocycles. The first-order valence-electron chi connectivity index (χ1n) is 5.21. The maximum absolute atomic E-state index is 12.2. The van der Waals surface area contributed by atoms with Crippen LogP contribution < -0.4 is 5.56 Å². The average molecular weight is 303 g/mol. The van der Waals surface area contributed by atoms with Gasteiger partial charge < -0.3 is 0 Å². The number of halogens is 1. The molecule has 0 saturated heterocycles. The molecular weight excluding hydrogens is 296 g/mol. The summed E-state index contributed by atoms with van der Waals surface area (Å²) in [7, 11) is 0. The zero-order valence-corrected chi connectivity index (χ0v) is 10.7. The van der Waals surface area contributed by atoms with Crippen LogP contribution in [0.15, 0.2) is 52.3 Å². The molecule has 6 heteroatoms. The Kier molecular flexibility index (Phi) is 2.64. The molecule has 0 amide bonds. The summed E-state index contributed by atoms with van der Waals surface area (Å²) in [6.07, 6.45) is 4.79. The van der Waals surface area contributed by atoms with E-state index < -0.39 is 0 Å². The first-order valence-corrected chi connectivity index (χ1v) is 6.00. The summed E-state index contributed by atoms with van der Waals surface area (Å²) < 4.78 is 2.02. The first-order chi connectivity index (χ1) is 8.75. The van der Waals surface area contributed by atoms with E-state index in [0.29, 0.717) is 21.2 Å². The van der Waals surface area contributed by atoms with Gasteiger partial charge in [0.1, 0.15) is 4.60 Å². The van der Waals surface area contributed by atoms with E-state index in [0.717, 1.165) is 0 Å². The normalized spacial score (nSPS) is 10.7. The molecule has 0 unspecified atom stereocenters. The van der Waals surface area contributed by atoms with Gasteiger partial charge in [-0.3, -0.25) is 9.78 Å². The average Bonchev–Trinajstić information content (AvgIpc) is 2.41. The van der Waals surface area contributed by atoms with Gasteiger partial charge in [0.05, 0.1) is 29.0 Å². The van der Waals surface area contributed by atoms with Crippen molar-refractivity contribution < 1.29 is 0 Å². The van der Waals surface area contributed by atoms with Crippen LogP contribution in [-0.4, -0.2) is 19.7 Å². The van der Waals surface area contributed by atoms with Crippen LogP contribution in [0.1, 0.15) is 0 Å². The van der Waals surface area contributed by atoms with E-state index in [-0.39, 0.29) is 5.56 Å². The summed E-state index contributed by atoms with van der Waals surface area (Å²) in [6.45, 7) is 0. The van der Waals surface area contributed by atoms with Crippen molar-refractivity contribution in [2.75, 3.05) is 0 Å². The lowest BCUT2D eigenvalue weighted by atomic mass is 10.3. The molecule has 0 aliphatic rings. The van der Waals surface area contributed by atoms with Crippen molar-refractivity contribution in [3.8, 4) is 5.69 Å². The smallest absolute Gasteiger partial charge is 0.267 e. The lowest BCUT2D eigenvalue weighted by molar-refractivity contribution is 0.813. The van der Waals surface area contributed by atoms with E-state index in [9.17, 15) is 4.79 Å². The van der Waals surface area contributed by atoms with E-state index in [4.69, 9.17) is 0 Å². The van der Waals surface area contributed by atoms with Gasteiger partial charge >= 0.3 is 0 Å². The maximum atomic E-state index is 12.2. The third kappa shape index (κ3) is 1.80. The Morgan fingerprint density at radius 1 is 1.11 bits per heavy atom. The van der Waals surface area contributed by atoms with Gasteiger partial charge in [0.2, 0.25) is 0 Å². The molecule has 88 valence electrons. The largest absolute Gasteiger partial charge is 0.281 e. The Morgan fingerprint density at radius 3 is 2.78 bits per heavy atom. The molecule has 18 heavy (non-hydrogen) atoms. The van der Waals surface area contributed by atoms with Crippen LogP contribution in [0.4, 0.5) is 0 Å². The molecule has 0 aromatic carbocycles. The minimum absolute atomic E-state index is 0.204. The fraction of sp³-hybridized carbons (Fsp3) is 0. The van der Waals surface area contributed by atoms with Crippen LogP contribution in [0, 0.1) is 0 Å². The first kappa shape index (κ1) is 11.0. The van der Waals surface area contributed by atoms with Gasteiger partial charge in [0.15, 0.2) is 0 Å². The van der Waals surface area contributed by atoms with E-state index >= 15 is 0 Å². The Balaban J connectivity index is 2.27. The number of aromatic nitrogens is 4. The van der Waals surface area contributed by atoms with E-state index in [1.165, 1.54) is 4.68 Å². The molecule has 0 saturated carbocycles. The summed E-state index contributed by atoms with van der Waals surface area (Å²) in [4.78, 5) is 20.4. The number of rotatable bonds is 1. The summed E-state index contributed by atoms with van der Waals surface area (Å²) in [5.74, 6) is 0. The van der Waals surface area contributed by atoms with Gasteiger partial charge in [-0.2, -0.15) is 9.78 Å². The van der Waals surface area contributed by atoms with Gasteiger partial charge in [-0.15, -0.1) is 0 Å². The number of hydrogen-bond acceptors (Lipinski definition) is 4. The van der Waals surface area contributed by atoms with Crippen molar-refractivity contribution in [1.82, 2.24) is 19.7 Å². The molecule has 0 radical (unpaired) electrons. The molecule has 0 spiro atoms. The monoisotopic (exact) mass is 302 g/mol. The van der Waals surface area contributed by atoms with Crippen LogP contribution >= 0.6 is 15.9 Å². The molecule has 0 bridgehead atoms. The quantitative estimate of drug-likeness (QED) is 0.645. The Bertz CT molecular complexity index is 767. The van der Waals surface area contributed by atoms with Crippen LogP contribution in [0.3, 0.4) is 0 Å². The van der Waals surface area contributed by atoms with Crippen molar-refractivity contribution in [3.63, 3.8) is 0 Å². The predicted octanol–water partition coefficient (Wildman–Crippen LogP) is 1.94. The van der Waals surface area contributed by atoms with Crippen LogP contribution in [-0.2, 0) is 0 Å². The molecule has 0 N–H and O–H groups in total. The highest BCUT2D eigenvalue weighted by atomic mass is 79.9. The lowest BCUT2D eigenvalue weighted by Crippen LogP contribution is -2.21. The number of nitrogens with zero attached hydrogens (tertiary/aromatic N) is 4. The molecular formula is C12H7BrN4O. The standard InChI is InChI=1S/C12H7BrN4O/c13-11-4-3-8(6-15-11)17-12(18)9-2-1-5-14-10(9)7-16-17/h1-7H. The third-order valence-corrected chi connectivity index (χ3v) is 2.98. The van der Waals surface area contributed by atoms with Crippen LogP contribution in [0.25, 0.3) is 16.6 Å². The number of hydrogen-bond donors (Lipinski definition) is 0. The fourth-order valence-corrected chi connectivity index (χ4v) is 1.89. The predicted molar refractivity (Wildman–Crippen MR) is 70.6 cm³/mol. The molecule has 0 fully saturated rings. The second-order valence-corrected chi connectivity index (χ2v) is 4.45. The van der Waals surface area contributed by atoms with Gasteiger partial charge in [-0.05, 0) is 40.2 Å². The Morgan fingerprint density at radius 2 is 2.00 bits per heavy atom. The van der Waals surface area contributed by atoms with Crippen molar-refractivity contribution >= 4 is 26.8 Å². The lowest BCUT2D eigenvalue weighted by Gasteiger charge is -2.04. The molecule has 3 aromatic heterocycles. The number of fused-ring (bicyclic) bond motifs is 1. The van der Waals surface area contributed by atoms with Gasteiger partial charge in [0, 0.05) is 6.20 Å². The molecule has 0 atom stereocenters. The molecule has 3 aromatic rings. The fourth-order valence-electron chi connectivity index (χ4n) is 1.66. The highest BCUT2D eigenvalue weighted by Crippen LogP contribution is 2.10. The minimum atomic E-state index is -0.204. The van der Waals surface area contributed by atoms with Crippen molar-refractivity contribution in [2.24, 2.45) is 0 Å². The van der Waals surface area contributed by atoms with Crippen LogP contribution in [0.2, 0.25) is 0 Å². The molecule has 0 aliphatic carbocycles. The summed E-state index contributed by atoms with van der Waals surface area (Å²) >= 11 is 3.25. The highest BCUT2D eigenvalue weighted by Gasteiger charge is 2.06. The van der Waals surface area contributed by atoms with Crippen molar-refractivity contribution in [3.05, 3.63) is 57.8 Å². The zero-order valence-electron chi connectivity index (χ0n) is 9.12. The molecule has 3 rings (SSSR count). The second-order valence-electron chi connectivity index (χ2n) is 3.64. The van der Waals surface area contributed by atoms with E-state index in [1.54, 1.807) is 42.9 Å². The van der Waals surface area contributed by atoms with Gasteiger partial charge in [-0.1, -0.05) is 0 Å². The summed E-state index contributed by atoms with van der Waals surface area (Å²) in [6, 6.07) is 6.99. The minimum Gasteiger partial charge on any atom is -0.267 e. The SMILES string of the molecule is O=c1c2cccnc2cnn1-c1ccc(Br)nc1. The highest BCUT2D eigenvalue weighted by molar-refractivity contribution is 9.10. The van der Waals surface area contributed by atoms with E-state index in [1.807, 2.05) is 0 Å². The van der Waals surface area contributed by atoms with Crippen molar-refractivity contribution in [2.45, 2.75) is 0 Å². The second kappa shape index (κ2) is 4.30. The van der Waals surface area contributed by atoms with Gasteiger partial charge in [0.25, 0.3) is 5.56 Å². The van der Waals surface area contributed by atoms with Crippen molar-refractivity contribution in [1.29, 1.82) is 0 Å². The van der Waals surface area contributed by atoms with E-state index in [2.05, 4.69) is 31.0 Å². The zero-order chi connectivity index (χ0) is 12.5. The van der Waals surface area contributed by atoms with Gasteiger partial charge in [-0.25, -0.2) is 4.98 Å². The summed E-state index contributed by atoms with van der Waals surface area (Å²) in [5, 5.41) is 4.63. The van der Waals surface area contributed by atoms with Crippen LogP contribution in [0.5, 0.6) is 0 Å². The number of pyridine rings is 2. The third-order valence-electron chi connectivity index (χ3n) is 2.51. The Labute approximate surface area is 110 Å². The molecule has 3 heterocycles.